The molecule has 0 amide bonds. The SMILES string of the molecule is CC1(C)c2cc3ccccc3cc2-c2c(-c3ccccc3-c3nc(-c4cccc(-c5ccccc5)c4)cc(-c4cccc(-c5ccccc5)c4)n3)cccc21. The van der Waals surface area contributed by atoms with Crippen molar-refractivity contribution in [2.24, 2.45) is 0 Å². The zero-order valence-electron chi connectivity index (χ0n) is 30.9. The van der Waals surface area contributed by atoms with Crippen LogP contribution >= 0.6 is 0 Å². The van der Waals surface area contributed by atoms with Crippen LogP contribution in [0.15, 0.2) is 194 Å². The number of nitrogens with zero attached hydrogens (tertiary/aromatic N) is 2. The molecule has 0 radical (unpaired) electrons. The van der Waals surface area contributed by atoms with Crippen LogP contribution in [-0.4, -0.2) is 9.97 Å². The van der Waals surface area contributed by atoms with Crippen LogP contribution in [0.1, 0.15) is 25.0 Å². The van der Waals surface area contributed by atoms with Gasteiger partial charge in [-0.2, -0.15) is 0 Å². The van der Waals surface area contributed by atoms with Gasteiger partial charge in [-0.15, -0.1) is 0 Å². The second kappa shape index (κ2) is 13.2. The van der Waals surface area contributed by atoms with Gasteiger partial charge in [-0.3, -0.25) is 0 Å². The molecule has 1 heterocycles. The first kappa shape index (κ1) is 32.7. The Labute approximate surface area is 322 Å². The third kappa shape index (κ3) is 5.75. The summed E-state index contributed by atoms with van der Waals surface area (Å²) in [6, 6.07) is 69.5. The summed E-state index contributed by atoms with van der Waals surface area (Å²) in [5.74, 6) is 0.701. The van der Waals surface area contributed by atoms with E-state index >= 15 is 0 Å². The van der Waals surface area contributed by atoms with Gasteiger partial charge in [-0.05, 0) is 96.7 Å². The maximum Gasteiger partial charge on any atom is 0.161 e. The second-order valence-corrected chi connectivity index (χ2v) is 15.0. The Morgan fingerprint density at radius 1 is 0.327 bits per heavy atom. The number of hydrogen-bond donors (Lipinski definition) is 0. The lowest BCUT2D eigenvalue weighted by molar-refractivity contribution is 0.661. The summed E-state index contributed by atoms with van der Waals surface area (Å²) in [5, 5.41) is 2.53. The van der Waals surface area contributed by atoms with E-state index in [9.17, 15) is 0 Å². The van der Waals surface area contributed by atoms with Crippen molar-refractivity contribution in [1.29, 1.82) is 0 Å². The minimum absolute atomic E-state index is 0.142. The van der Waals surface area contributed by atoms with Gasteiger partial charge in [0.05, 0.1) is 11.4 Å². The Morgan fingerprint density at radius 3 is 1.42 bits per heavy atom. The molecule has 0 fully saturated rings. The van der Waals surface area contributed by atoms with E-state index in [1.807, 2.05) is 0 Å². The molecule has 0 N–H and O–H groups in total. The molecule has 8 aromatic carbocycles. The molecule has 2 nitrogen and oxygen atoms in total. The van der Waals surface area contributed by atoms with E-state index in [1.165, 1.54) is 49.7 Å². The van der Waals surface area contributed by atoms with E-state index in [-0.39, 0.29) is 5.41 Å². The Balaban J connectivity index is 1.18. The molecule has 0 bridgehead atoms. The van der Waals surface area contributed by atoms with Crippen molar-refractivity contribution in [1.82, 2.24) is 9.97 Å². The van der Waals surface area contributed by atoms with Gasteiger partial charge >= 0.3 is 0 Å². The van der Waals surface area contributed by atoms with Crippen LogP contribution in [0.4, 0.5) is 0 Å². The van der Waals surface area contributed by atoms with Gasteiger partial charge in [-0.1, -0.05) is 178 Å². The highest BCUT2D eigenvalue weighted by Crippen LogP contribution is 2.54. The lowest BCUT2D eigenvalue weighted by Gasteiger charge is -2.22. The zero-order valence-corrected chi connectivity index (χ0v) is 30.9. The van der Waals surface area contributed by atoms with Crippen LogP contribution < -0.4 is 0 Å². The minimum atomic E-state index is -0.142. The van der Waals surface area contributed by atoms with Crippen molar-refractivity contribution in [2.75, 3.05) is 0 Å². The molecule has 1 aliphatic rings. The standard InChI is InChI=1S/C53H38N2/c1-53(2)47-29-15-28-44(51(47)46-32-39-20-9-10-21-40(39)33-48(46)53)43-26-11-12-27-45(43)52-54-49(41-24-13-22-37(30-41)35-16-5-3-6-17-35)34-50(55-52)42-25-14-23-38(31-42)36-18-7-4-8-19-36/h3-34H,1-2H3. The molecule has 9 aromatic rings. The van der Waals surface area contributed by atoms with Crippen LogP contribution in [0.25, 0.3) is 89.2 Å². The predicted molar refractivity (Wildman–Crippen MR) is 230 cm³/mol. The minimum Gasteiger partial charge on any atom is -0.228 e. The molecule has 260 valence electrons. The summed E-state index contributed by atoms with van der Waals surface area (Å²) in [7, 11) is 0. The lowest BCUT2D eigenvalue weighted by atomic mass is 9.81. The largest absolute Gasteiger partial charge is 0.228 e. The summed E-state index contributed by atoms with van der Waals surface area (Å²) in [5.41, 5.74) is 17.0. The van der Waals surface area contributed by atoms with Crippen molar-refractivity contribution in [3.8, 4) is 78.4 Å². The molecule has 2 heteroatoms. The summed E-state index contributed by atoms with van der Waals surface area (Å²) in [4.78, 5) is 10.8. The van der Waals surface area contributed by atoms with Crippen LogP contribution in [-0.2, 0) is 5.41 Å². The maximum absolute atomic E-state index is 5.40. The predicted octanol–water partition coefficient (Wildman–Crippen LogP) is 13.9. The van der Waals surface area contributed by atoms with E-state index in [2.05, 4.69) is 208 Å². The van der Waals surface area contributed by atoms with E-state index in [0.717, 1.165) is 44.8 Å². The van der Waals surface area contributed by atoms with Crippen molar-refractivity contribution in [3.05, 3.63) is 205 Å². The van der Waals surface area contributed by atoms with Gasteiger partial charge in [0.15, 0.2) is 5.82 Å². The summed E-state index contributed by atoms with van der Waals surface area (Å²) >= 11 is 0. The molecule has 1 aromatic heterocycles. The zero-order chi connectivity index (χ0) is 36.9. The first-order valence-electron chi connectivity index (χ1n) is 19.0. The Morgan fingerprint density at radius 2 is 0.800 bits per heavy atom. The van der Waals surface area contributed by atoms with Crippen LogP contribution in [0.5, 0.6) is 0 Å². The maximum atomic E-state index is 5.40. The molecule has 0 unspecified atom stereocenters. The van der Waals surface area contributed by atoms with E-state index in [0.29, 0.717) is 5.82 Å². The van der Waals surface area contributed by atoms with E-state index < -0.39 is 0 Å². The van der Waals surface area contributed by atoms with Crippen molar-refractivity contribution in [2.45, 2.75) is 19.3 Å². The lowest BCUT2D eigenvalue weighted by Crippen LogP contribution is -2.14. The number of aromatic nitrogens is 2. The highest BCUT2D eigenvalue weighted by atomic mass is 14.9. The summed E-state index contributed by atoms with van der Waals surface area (Å²) < 4.78 is 0. The summed E-state index contributed by atoms with van der Waals surface area (Å²) in [6.45, 7) is 4.71. The number of benzene rings is 8. The topological polar surface area (TPSA) is 25.8 Å². The molecule has 0 aliphatic heterocycles. The average Bonchev–Trinajstić information content (AvgIpc) is 3.48. The highest BCUT2D eigenvalue weighted by molar-refractivity contribution is 6.00. The van der Waals surface area contributed by atoms with Crippen molar-refractivity contribution in [3.63, 3.8) is 0 Å². The number of rotatable bonds is 6. The molecule has 0 saturated heterocycles. The highest BCUT2D eigenvalue weighted by Gasteiger charge is 2.37. The summed E-state index contributed by atoms with van der Waals surface area (Å²) in [6.07, 6.45) is 0. The van der Waals surface area contributed by atoms with Gasteiger partial charge in [0.25, 0.3) is 0 Å². The quantitative estimate of drug-likeness (QED) is 0.172. The molecule has 55 heavy (non-hydrogen) atoms. The smallest absolute Gasteiger partial charge is 0.161 e. The molecule has 0 spiro atoms. The molecular formula is C53H38N2. The Kier molecular flexibility index (Phi) is 7.85. The molecule has 1 aliphatic carbocycles. The van der Waals surface area contributed by atoms with Gasteiger partial charge in [0.1, 0.15) is 0 Å². The normalized spacial score (nSPS) is 12.7. The van der Waals surface area contributed by atoms with Gasteiger partial charge < -0.3 is 0 Å². The third-order valence-electron chi connectivity index (χ3n) is 11.3. The van der Waals surface area contributed by atoms with Crippen molar-refractivity contribution < 1.29 is 0 Å². The van der Waals surface area contributed by atoms with Gasteiger partial charge in [0.2, 0.25) is 0 Å². The van der Waals surface area contributed by atoms with Crippen molar-refractivity contribution >= 4 is 10.8 Å². The van der Waals surface area contributed by atoms with E-state index in [1.54, 1.807) is 0 Å². The molecular weight excluding hydrogens is 665 g/mol. The monoisotopic (exact) mass is 702 g/mol. The molecule has 0 saturated carbocycles. The number of fused-ring (bicyclic) bond motifs is 4. The van der Waals surface area contributed by atoms with Crippen LogP contribution in [0.2, 0.25) is 0 Å². The second-order valence-electron chi connectivity index (χ2n) is 15.0. The molecule has 0 atom stereocenters. The fraction of sp³-hybridized carbons (Fsp3) is 0.0566. The van der Waals surface area contributed by atoms with Gasteiger partial charge in [0, 0.05) is 22.1 Å². The fourth-order valence-corrected chi connectivity index (χ4v) is 8.45. The molecule has 10 rings (SSSR count). The van der Waals surface area contributed by atoms with E-state index in [4.69, 9.17) is 9.97 Å². The van der Waals surface area contributed by atoms with Crippen LogP contribution in [0.3, 0.4) is 0 Å². The first-order chi connectivity index (χ1) is 27.0. The number of hydrogen-bond acceptors (Lipinski definition) is 2. The van der Waals surface area contributed by atoms with Gasteiger partial charge in [-0.25, -0.2) is 9.97 Å². The average molecular weight is 703 g/mol. The first-order valence-corrected chi connectivity index (χ1v) is 19.0. The Bertz CT molecular complexity index is 2790. The Hall–Kier alpha value is -6.90. The third-order valence-corrected chi connectivity index (χ3v) is 11.3. The fourth-order valence-electron chi connectivity index (χ4n) is 8.45. The van der Waals surface area contributed by atoms with Crippen LogP contribution in [0, 0.1) is 0 Å².